The van der Waals surface area contributed by atoms with E-state index in [1.165, 1.54) is 5.56 Å². The van der Waals surface area contributed by atoms with E-state index in [1.54, 1.807) is 6.20 Å². The number of pyridine rings is 1. The molecule has 0 aromatic carbocycles. The van der Waals surface area contributed by atoms with E-state index in [0.717, 1.165) is 37.1 Å². The van der Waals surface area contributed by atoms with Gasteiger partial charge in [0.25, 0.3) is 0 Å². The summed E-state index contributed by atoms with van der Waals surface area (Å²) in [5.74, 6) is 0. The van der Waals surface area contributed by atoms with Crippen molar-refractivity contribution in [3.63, 3.8) is 0 Å². The van der Waals surface area contributed by atoms with E-state index in [9.17, 15) is 0 Å². The maximum Gasteiger partial charge on any atom is 0.0410 e. The summed E-state index contributed by atoms with van der Waals surface area (Å²) in [7, 11) is 0. The highest BCUT2D eigenvalue weighted by Gasteiger charge is 1.94. The summed E-state index contributed by atoms with van der Waals surface area (Å²) in [6, 6.07) is 2.09. The summed E-state index contributed by atoms with van der Waals surface area (Å²) in [5, 5.41) is 6.68. The Morgan fingerprint density at radius 3 is 2.80 bits per heavy atom. The molecule has 0 spiro atoms. The molecule has 3 nitrogen and oxygen atoms in total. The van der Waals surface area contributed by atoms with Crippen molar-refractivity contribution < 1.29 is 0 Å². The van der Waals surface area contributed by atoms with Crippen LogP contribution in [0, 0.1) is 0 Å². The first-order valence-electron chi connectivity index (χ1n) is 5.33. The lowest BCUT2D eigenvalue weighted by Crippen LogP contribution is -2.21. The van der Waals surface area contributed by atoms with E-state index in [4.69, 9.17) is 0 Å². The number of halogens is 1. The quantitative estimate of drug-likeness (QED) is 0.745. The molecular formula is C11H18BrN3. The van der Waals surface area contributed by atoms with Gasteiger partial charge in [-0.2, -0.15) is 0 Å². The van der Waals surface area contributed by atoms with Crippen LogP contribution in [0.5, 0.6) is 0 Å². The SMILES string of the molecule is CCNCCCNCc1cncc(Br)c1. The van der Waals surface area contributed by atoms with Gasteiger partial charge in [0.2, 0.25) is 0 Å². The van der Waals surface area contributed by atoms with Crippen LogP contribution in [-0.4, -0.2) is 24.6 Å². The van der Waals surface area contributed by atoms with Crippen LogP contribution in [0.1, 0.15) is 18.9 Å². The Bertz CT molecular complexity index is 278. The van der Waals surface area contributed by atoms with Crippen LogP contribution in [0.4, 0.5) is 0 Å². The van der Waals surface area contributed by atoms with Crippen LogP contribution in [0.3, 0.4) is 0 Å². The minimum Gasteiger partial charge on any atom is -0.317 e. The van der Waals surface area contributed by atoms with Crippen molar-refractivity contribution in [3.8, 4) is 0 Å². The van der Waals surface area contributed by atoms with E-state index >= 15 is 0 Å². The van der Waals surface area contributed by atoms with Gasteiger partial charge in [-0.3, -0.25) is 4.98 Å². The molecular weight excluding hydrogens is 254 g/mol. The summed E-state index contributed by atoms with van der Waals surface area (Å²) < 4.78 is 1.04. The van der Waals surface area contributed by atoms with Crippen LogP contribution < -0.4 is 10.6 Å². The Morgan fingerprint density at radius 1 is 1.27 bits per heavy atom. The third-order valence-corrected chi connectivity index (χ3v) is 2.48. The first-order chi connectivity index (χ1) is 7.33. The van der Waals surface area contributed by atoms with Gasteiger partial charge in [0, 0.05) is 23.4 Å². The average molecular weight is 272 g/mol. The largest absolute Gasteiger partial charge is 0.317 e. The van der Waals surface area contributed by atoms with E-state index in [1.807, 2.05) is 6.20 Å². The van der Waals surface area contributed by atoms with Crippen LogP contribution in [0.15, 0.2) is 22.9 Å². The number of hydrogen-bond donors (Lipinski definition) is 2. The molecule has 0 amide bonds. The molecule has 15 heavy (non-hydrogen) atoms. The van der Waals surface area contributed by atoms with E-state index in [0.29, 0.717) is 0 Å². The molecule has 1 heterocycles. The molecule has 84 valence electrons. The van der Waals surface area contributed by atoms with Gasteiger partial charge in [0.15, 0.2) is 0 Å². The summed E-state index contributed by atoms with van der Waals surface area (Å²) in [5.41, 5.74) is 1.22. The molecule has 0 unspecified atom stereocenters. The Morgan fingerprint density at radius 2 is 2.07 bits per heavy atom. The van der Waals surface area contributed by atoms with E-state index in [2.05, 4.69) is 44.5 Å². The van der Waals surface area contributed by atoms with E-state index in [-0.39, 0.29) is 0 Å². The number of nitrogens with one attached hydrogen (secondary N) is 2. The number of rotatable bonds is 7. The number of aromatic nitrogens is 1. The molecule has 1 rings (SSSR count). The van der Waals surface area contributed by atoms with Crippen molar-refractivity contribution in [3.05, 3.63) is 28.5 Å². The van der Waals surface area contributed by atoms with Crippen molar-refractivity contribution in [1.29, 1.82) is 0 Å². The molecule has 0 aliphatic heterocycles. The Balaban J connectivity index is 2.10. The summed E-state index contributed by atoms with van der Waals surface area (Å²) in [6.07, 6.45) is 4.85. The molecule has 0 saturated carbocycles. The smallest absolute Gasteiger partial charge is 0.0410 e. The third kappa shape index (κ3) is 5.87. The van der Waals surface area contributed by atoms with Crippen molar-refractivity contribution >= 4 is 15.9 Å². The number of nitrogens with zero attached hydrogens (tertiary/aromatic N) is 1. The zero-order chi connectivity index (χ0) is 10.9. The van der Waals surface area contributed by atoms with Crippen LogP contribution in [0.2, 0.25) is 0 Å². The van der Waals surface area contributed by atoms with E-state index < -0.39 is 0 Å². The number of hydrogen-bond acceptors (Lipinski definition) is 3. The molecule has 0 atom stereocenters. The van der Waals surface area contributed by atoms with Crippen LogP contribution >= 0.6 is 15.9 Å². The van der Waals surface area contributed by atoms with Crippen molar-refractivity contribution in [2.75, 3.05) is 19.6 Å². The molecule has 0 fully saturated rings. The predicted octanol–water partition coefficient (Wildman–Crippen LogP) is 1.93. The fourth-order valence-corrected chi connectivity index (χ4v) is 1.71. The fraction of sp³-hybridized carbons (Fsp3) is 0.545. The molecule has 1 aromatic rings. The first kappa shape index (κ1) is 12.6. The zero-order valence-electron chi connectivity index (χ0n) is 9.09. The molecule has 1 aromatic heterocycles. The molecule has 0 radical (unpaired) electrons. The van der Waals surface area contributed by atoms with Gasteiger partial charge in [-0.05, 0) is 53.6 Å². The van der Waals surface area contributed by atoms with Gasteiger partial charge in [-0.25, -0.2) is 0 Å². The molecule has 0 saturated heterocycles. The fourth-order valence-electron chi connectivity index (χ4n) is 1.30. The van der Waals surface area contributed by atoms with Gasteiger partial charge in [-0.15, -0.1) is 0 Å². The van der Waals surface area contributed by atoms with Gasteiger partial charge < -0.3 is 10.6 Å². The molecule has 0 bridgehead atoms. The van der Waals surface area contributed by atoms with Crippen molar-refractivity contribution in [1.82, 2.24) is 15.6 Å². The second-order valence-corrected chi connectivity index (χ2v) is 4.31. The van der Waals surface area contributed by atoms with Gasteiger partial charge in [0.1, 0.15) is 0 Å². The first-order valence-corrected chi connectivity index (χ1v) is 6.13. The van der Waals surface area contributed by atoms with Gasteiger partial charge in [0.05, 0.1) is 0 Å². The highest BCUT2D eigenvalue weighted by Crippen LogP contribution is 2.08. The maximum atomic E-state index is 4.11. The third-order valence-electron chi connectivity index (χ3n) is 2.05. The molecule has 2 N–H and O–H groups in total. The van der Waals surface area contributed by atoms with Crippen LogP contribution in [-0.2, 0) is 6.54 Å². The Hall–Kier alpha value is -0.450. The molecule has 4 heteroatoms. The summed E-state index contributed by atoms with van der Waals surface area (Å²) >= 11 is 3.41. The maximum absolute atomic E-state index is 4.11. The van der Waals surface area contributed by atoms with Gasteiger partial charge in [-0.1, -0.05) is 6.92 Å². The minimum atomic E-state index is 0.887. The summed E-state index contributed by atoms with van der Waals surface area (Å²) in [6.45, 7) is 6.19. The highest BCUT2D eigenvalue weighted by molar-refractivity contribution is 9.10. The van der Waals surface area contributed by atoms with Gasteiger partial charge >= 0.3 is 0 Å². The standard InChI is InChI=1S/C11H18BrN3/c1-2-13-4-3-5-14-7-10-6-11(12)9-15-8-10/h6,8-9,13-14H,2-5,7H2,1H3. The normalized spacial score (nSPS) is 10.5. The van der Waals surface area contributed by atoms with Crippen molar-refractivity contribution in [2.45, 2.75) is 19.9 Å². The van der Waals surface area contributed by atoms with Crippen LogP contribution in [0.25, 0.3) is 0 Å². The molecule has 0 aliphatic rings. The summed E-state index contributed by atoms with van der Waals surface area (Å²) in [4.78, 5) is 4.11. The monoisotopic (exact) mass is 271 g/mol. The zero-order valence-corrected chi connectivity index (χ0v) is 10.7. The topological polar surface area (TPSA) is 37.0 Å². The Kier molecular flexibility index (Phi) is 6.55. The average Bonchev–Trinajstić information content (AvgIpc) is 2.23. The highest BCUT2D eigenvalue weighted by atomic mass is 79.9. The Labute approximate surface area is 99.8 Å². The van der Waals surface area contributed by atoms with Crippen molar-refractivity contribution in [2.24, 2.45) is 0 Å². The minimum absolute atomic E-state index is 0.887. The lowest BCUT2D eigenvalue weighted by molar-refractivity contribution is 0.605. The lowest BCUT2D eigenvalue weighted by Gasteiger charge is -2.05. The predicted molar refractivity (Wildman–Crippen MR) is 66.8 cm³/mol. The second-order valence-electron chi connectivity index (χ2n) is 3.40. The second kappa shape index (κ2) is 7.79. The molecule has 0 aliphatic carbocycles. The lowest BCUT2D eigenvalue weighted by atomic mass is 10.3.